The topological polar surface area (TPSA) is 57.6 Å². The van der Waals surface area contributed by atoms with E-state index in [-0.39, 0.29) is 18.3 Å². The third-order valence-corrected chi connectivity index (χ3v) is 3.94. The lowest BCUT2D eigenvalue weighted by Gasteiger charge is -2.19. The van der Waals surface area contributed by atoms with E-state index in [2.05, 4.69) is 0 Å². The second kappa shape index (κ2) is 5.68. The Labute approximate surface area is 122 Å². The predicted octanol–water partition coefficient (Wildman–Crippen LogP) is 2.55. The van der Waals surface area contributed by atoms with Gasteiger partial charge < -0.3 is 10.0 Å². The molecule has 1 aliphatic heterocycles. The van der Waals surface area contributed by atoms with Gasteiger partial charge in [-0.3, -0.25) is 9.59 Å². The molecule has 0 aromatic heterocycles. The maximum absolute atomic E-state index is 12.9. The van der Waals surface area contributed by atoms with Gasteiger partial charge in [-0.05, 0) is 43.5 Å². The lowest BCUT2D eigenvalue weighted by Crippen LogP contribution is -2.34. The van der Waals surface area contributed by atoms with Gasteiger partial charge in [0.25, 0.3) is 0 Å². The van der Waals surface area contributed by atoms with E-state index in [1.807, 2.05) is 0 Å². The zero-order valence-electron chi connectivity index (χ0n) is 12.1. The van der Waals surface area contributed by atoms with E-state index in [1.54, 1.807) is 30.9 Å². The van der Waals surface area contributed by atoms with E-state index in [0.29, 0.717) is 13.0 Å². The zero-order valence-corrected chi connectivity index (χ0v) is 12.1. The molecule has 0 bridgehead atoms. The number of allylic oxidation sites excluding steroid dienone is 1. The fourth-order valence-electron chi connectivity index (χ4n) is 2.40. The number of carbonyl (C=O) groups is 2. The second-order valence-electron chi connectivity index (χ2n) is 5.71. The summed E-state index contributed by atoms with van der Waals surface area (Å²) >= 11 is 0. The highest BCUT2D eigenvalue weighted by Gasteiger charge is 2.41. The van der Waals surface area contributed by atoms with Crippen molar-refractivity contribution in [3.8, 4) is 0 Å². The number of hydrogen-bond acceptors (Lipinski definition) is 2. The molecule has 1 heterocycles. The predicted molar refractivity (Wildman–Crippen MR) is 77.0 cm³/mol. The third-order valence-electron chi connectivity index (χ3n) is 3.94. The van der Waals surface area contributed by atoms with Crippen LogP contribution < -0.4 is 0 Å². The van der Waals surface area contributed by atoms with Gasteiger partial charge in [-0.15, -0.1) is 0 Å². The number of nitrogens with zero attached hydrogens (tertiary/aromatic N) is 1. The molecule has 0 radical (unpaired) electrons. The first-order chi connectivity index (χ1) is 9.82. The SMILES string of the molecule is C/C(=C\C(=O)N1CCC(C)(C(=O)O)C1)c1ccc(F)cc1. The molecule has 1 atom stereocenters. The second-order valence-corrected chi connectivity index (χ2v) is 5.71. The van der Waals surface area contributed by atoms with Crippen molar-refractivity contribution in [2.24, 2.45) is 5.41 Å². The quantitative estimate of drug-likeness (QED) is 0.871. The van der Waals surface area contributed by atoms with Crippen LogP contribution in [0, 0.1) is 11.2 Å². The molecule has 0 aliphatic carbocycles. The minimum atomic E-state index is -0.878. The van der Waals surface area contributed by atoms with Gasteiger partial charge in [-0.25, -0.2) is 4.39 Å². The molecule has 1 saturated heterocycles. The molecule has 112 valence electrons. The molecule has 5 heteroatoms. The van der Waals surface area contributed by atoms with Gasteiger partial charge in [0.15, 0.2) is 0 Å². The summed E-state index contributed by atoms with van der Waals surface area (Å²) in [5.74, 6) is -1.41. The van der Waals surface area contributed by atoms with Gasteiger partial charge in [0.2, 0.25) is 5.91 Å². The Balaban J connectivity index is 2.09. The van der Waals surface area contributed by atoms with E-state index in [0.717, 1.165) is 11.1 Å². The van der Waals surface area contributed by atoms with E-state index < -0.39 is 11.4 Å². The Morgan fingerprint density at radius 1 is 1.33 bits per heavy atom. The maximum atomic E-state index is 12.9. The lowest BCUT2D eigenvalue weighted by atomic mass is 9.90. The molecule has 1 fully saturated rings. The van der Waals surface area contributed by atoms with Crippen LogP contribution in [0.5, 0.6) is 0 Å². The highest BCUT2D eigenvalue weighted by Crippen LogP contribution is 2.30. The van der Waals surface area contributed by atoms with Crippen LogP contribution in [0.15, 0.2) is 30.3 Å². The van der Waals surface area contributed by atoms with Gasteiger partial charge in [0.1, 0.15) is 5.82 Å². The molecular formula is C16H18FNO3. The molecule has 1 unspecified atom stereocenters. The fraction of sp³-hybridized carbons (Fsp3) is 0.375. The molecule has 1 aromatic carbocycles. The summed E-state index contributed by atoms with van der Waals surface area (Å²) in [7, 11) is 0. The van der Waals surface area contributed by atoms with Crippen molar-refractivity contribution in [3.63, 3.8) is 0 Å². The number of halogens is 1. The van der Waals surface area contributed by atoms with Crippen LogP contribution in [0.4, 0.5) is 4.39 Å². The van der Waals surface area contributed by atoms with E-state index in [1.165, 1.54) is 18.2 Å². The average Bonchev–Trinajstić information content (AvgIpc) is 2.83. The monoisotopic (exact) mass is 291 g/mol. The number of hydrogen-bond donors (Lipinski definition) is 1. The molecule has 0 spiro atoms. The van der Waals surface area contributed by atoms with Gasteiger partial charge in [0, 0.05) is 19.2 Å². The summed E-state index contributed by atoms with van der Waals surface area (Å²) in [6.45, 7) is 4.08. The Hall–Kier alpha value is -2.17. The number of carbonyl (C=O) groups excluding carboxylic acids is 1. The molecule has 1 aromatic rings. The van der Waals surface area contributed by atoms with Crippen molar-refractivity contribution in [2.75, 3.05) is 13.1 Å². The highest BCUT2D eigenvalue weighted by atomic mass is 19.1. The molecule has 1 aliphatic rings. The standard InChI is InChI=1S/C16H18FNO3/c1-11(12-3-5-13(17)6-4-12)9-14(19)18-8-7-16(2,10-18)15(20)21/h3-6,9H,7-8,10H2,1-2H3,(H,20,21)/b11-9+. The van der Waals surface area contributed by atoms with Gasteiger partial charge >= 0.3 is 5.97 Å². The number of carboxylic acid groups (broad SMARTS) is 1. The lowest BCUT2D eigenvalue weighted by molar-refractivity contribution is -0.147. The van der Waals surface area contributed by atoms with Crippen molar-refractivity contribution in [1.82, 2.24) is 4.90 Å². The van der Waals surface area contributed by atoms with Crippen LogP contribution in [-0.4, -0.2) is 35.0 Å². The Kier molecular flexibility index (Phi) is 4.11. The van der Waals surface area contributed by atoms with E-state index in [4.69, 9.17) is 5.11 Å². The van der Waals surface area contributed by atoms with Crippen molar-refractivity contribution in [2.45, 2.75) is 20.3 Å². The van der Waals surface area contributed by atoms with E-state index >= 15 is 0 Å². The first-order valence-electron chi connectivity index (χ1n) is 6.78. The van der Waals surface area contributed by atoms with Crippen LogP contribution in [0.1, 0.15) is 25.8 Å². The molecule has 2 rings (SSSR count). The van der Waals surface area contributed by atoms with Gasteiger partial charge in [0.05, 0.1) is 5.41 Å². The van der Waals surface area contributed by atoms with Crippen molar-refractivity contribution in [1.29, 1.82) is 0 Å². The number of likely N-dealkylation sites (tertiary alicyclic amines) is 1. The van der Waals surface area contributed by atoms with Crippen LogP contribution in [0.3, 0.4) is 0 Å². The summed E-state index contributed by atoms with van der Waals surface area (Å²) in [5.41, 5.74) is 0.627. The van der Waals surface area contributed by atoms with Crippen LogP contribution in [-0.2, 0) is 9.59 Å². The summed E-state index contributed by atoms with van der Waals surface area (Å²) in [6, 6.07) is 5.91. The third kappa shape index (κ3) is 3.29. The van der Waals surface area contributed by atoms with Gasteiger partial charge in [-0.1, -0.05) is 12.1 Å². The molecule has 1 amide bonds. The smallest absolute Gasteiger partial charge is 0.311 e. The number of rotatable bonds is 3. The average molecular weight is 291 g/mol. The van der Waals surface area contributed by atoms with Crippen molar-refractivity contribution >= 4 is 17.4 Å². The Morgan fingerprint density at radius 2 is 1.95 bits per heavy atom. The number of amides is 1. The molecular weight excluding hydrogens is 273 g/mol. The van der Waals surface area contributed by atoms with Crippen LogP contribution in [0.2, 0.25) is 0 Å². The zero-order chi connectivity index (χ0) is 15.6. The number of carboxylic acids is 1. The molecule has 21 heavy (non-hydrogen) atoms. The fourth-order valence-corrected chi connectivity index (χ4v) is 2.40. The first kappa shape index (κ1) is 15.2. The van der Waals surface area contributed by atoms with E-state index in [9.17, 15) is 14.0 Å². The van der Waals surface area contributed by atoms with Crippen LogP contribution in [0.25, 0.3) is 5.57 Å². The maximum Gasteiger partial charge on any atom is 0.311 e. The molecule has 0 saturated carbocycles. The highest BCUT2D eigenvalue weighted by molar-refractivity contribution is 5.95. The minimum absolute atomic E-state index is 0.207. The van der Waals surface area contributed by atoms with Gasteiger partial charge in [-0.2, -0.15) is 0 Å². The summed E-state index contributed by atoms with van der Waals surface area (Å²) in [4.78, 5) is 24.9. The van der Waals surface area contributed by atoms with Crippen LogP contribution >= 0.6 is 0 Å². The normalized spacial score (nSPS) is 22.4. The summed E-state index contributed by atoms with van der Waals surface area (Å²) in [6.07, 6.45) is 1.93. The van der Waals surface area contributed by atoms with Crippen molar-refractivity contribution in [3.05, 3.63) is 41.7 Å². The molecule has 1 N–H and O–H groups in total. The Morgan fingerprint density at radius 3 is 2.48 bits per heavy atom. The summed E-state index contributed by atoms with van der Waals surface area (Å²) < 4.78 is 12.9. The first-order valence-corrected chi connectivity index (χ1v) is 6.78. The summed E-state index contributed by atoms with van der Waals surface area (Å²) in [5, 5.41) is 9.17. The largest absolute Gasteiger partial charge is 0.481 e. The molecule has 4 nitrogen and oxygen atoms in total. The number of benzene rings is 1. The Bertz CT molecular complexity index is 594. The minimum Gasteiger partial charge on any atom is -0.481 e. The number of aliphatic carboxylic acids is 1. The van der Waals surface area contributed by atoms with Crippen molar-refractivity contribution < 1.29 is 19.1 Å².